The zero-order chi connectivity index (χ0) is 15.4. The fraction of sp³-hybridized carbons (Fsp3) is 0.647. The molecule has 21 heavy (non-hydrogen) atoms. The van der Waals surface area contributed by atoms with Crippen LogP contribution in [0.15, 0.2) is 22.7 Å². The van der Waals surface area contributed by atoms with Gasteiger partial charge >= 0.3 is 0 Å². The molecule has 2 nitrogen and oxygen atoms in total. The summed E-state index contributed by atoms with van der Waals surface area (Å²) in [7, 11) is 0. The van der Waals surface area contributed by atoms with Crippen molar-refractivity contribution in [3.05, 3.63) is 34.1 Å². The number of nitrogens with one attached hydrogen (secondary N) is 1. The summed E-state index contributed by atoms with van der Waals surface area (Å²) < 4.78 is 14.2. The Hall–Kier alpha value is -0.450. The number of rotatable bonds is 5. The van der Waals surface area contributed by atoms with Gasteiger partial charge in [-0.05, 0) is 77.4 Å². The molecule has 0 spiro atoms. The number of hydrogen-bond acceptors (Lipinski definition) is 2. The van der Waals surface area contributed by atoms with Crippen molar-refractivity contribution in [2.75, 3.05) is 0 Å². The monoisotopic (exact) mass is 356 g/mol. The van der Waals surface area contributed by atoms with E-state index in [0.29, 0.717) is 10.4 Å². The Labute approximate surface area is 135 Å². The van der Waals surface area contributed by atoms with Gasteiger partial charge in [0, 0.05) is 6.04 Å². The lowest BCUT2D eigenvalue weighted by molar-refractivity contribution is 0.188. The molecule has 0 bridgehead atoms. The summed E-state index contributed by atoms with van der Waals surface area (Å²) in [6.45, 7) is 4.63. The molecule has 0 saturated heterocycles. The van der Waals surface area contributed by atoms with Crippen LogP contribution in [0.5, 0.6) is 0 Å². The van der Waals surface area contributed by atoms with Crippen LogP contribution in [-0.2, 0) is 6.42 Å². The molecule has 0 aromatic heterocycles. The highest BCUT2D eigenvalue weighted by Gasteiger charge is 2.28. The lowest BCUT2D eigenvalue weighted by Crippen LogP contribution is -2.44. The van der Waals surface area contributed by atoms with Crippen LogP contribution in [0.2, 0.25) is 0 Å². The van der Waals surface area contributed by atoms with Crippen molar-refractivity contribution < 1.29 is 4.39 Å². The van der Waals surface area contributed by atoms with Crippen LogP contribution in [0.25, 0.3) is 0 Å². The lowest BCUT2D eigenvalue weighted by atomic mass is 9.74. The van der Waals surface area contributed by atoms with Crippen LogP contribution in [0.1, 0.15) is 45.1 Å². The van der Waals surface area contributed by atoms with Crippen LogP contribution < -0.4 is 11.3 Å². The topological polar surface area (TPSA) is 38.0 Å². The van der Waals surface area contributed by atoms with Crippen LogP contribution >= 0.6 is 15.9 Å². The van der Waals surface area contributed by atoms with Gasteiger partial charge in [0.05, 0.1) is 4.47 Å². The summed E-state index contributed by atoms with van der Waals surface area (Å²) in [4.78, 5) is 0. The second-order valence-electron chi connectivity index (χ2n) is 6.61. The van der Waals surface area contributed by atoms with E-state index in [0.717, 1.165) is 23.8 Å². The van der Waals surface area contributed by atoms with Crippen LogP contribution in [0, 0.1) is 23.6 Å². The first-order chi connectivity index (χ1) is 10.0. The predicted molar refractivity (Wildman–Crippen MR) is 89.2 cm³/mol. The summed E-state index contributed by atoms with van der Waals surface area (Å²) in [5.74, 6) is 7.78. The van der Waals surface area contributed by atoms with Gasteiger partial charge in [-0.25, -0.2) is 4.39 Å². The summed E-state index contributed by atoms with van der Waals surface area (Å²) in [5, 5.41) is 0. The second-order valence-corrected chi connectivity index (χ2v) is 7.40. The van der Waals surface area contributed by atoms with Gasteiger partial charge in [-0.2, -0.15) is 0 Å². The molecule has 4 heteroatoms. The lowest BCUT2D eigenvalue weighted by Gasteiger charge is -2.35. The van der Waals surface area contributed by atoms with Gasteiger partial charge in [0.1, 0.15) is 5.82 Å². The minimum atomic E-state index is -0.202. The first kappa shape index (κ1) is 16.9. The van der Waals surface area contributed by atoms with Crippen molar-refractivity contribution in [1.82, 2.24) is 5.43 Å². The number of nitrogens with two attached hydrogens (primary N) is 1. The molecule has 1 fully saturated rings. The molecule has 1 unspecified atom stereocenters. The molecule has 0 radical (unpaired) electrons. The van der Waals surface area contributed by atoms with E-state index in [9.17, 15) is 4.39 Å². The summed E-state index contributed by atoms with van der Waals surface area (Å²) in [6, 6.07) is 5.43. The molecule has 1 aromatic rings. The van der Waals surface area contributed by atoms with Crippen molar-refractivity contribution in [3.63, 3.8) is 0 Å². The fourth-order valence-corrected chi connectivity index (χ4v) is 3.94. The van der Waals surface area contributed by atoms with E-state index in [-0.39, 0.29) is 11.9 Å². The Morgan fingerprint density at radius 2 is 1.86 bits per heavy atom. The fourth-order valence-electron chi connectivity index (χ4n) is 3.52. The predicted octanol–water partition coefficient (Wildman–Crippen LogP) is 4.43. The van der Waals surface area contributed by atoms with Gasteiger partial charge in [-0.3, -0.25) is 11.3 Å². The van der Waals surface area contributed by atoms with Crippen LogP contribution in [-0.4, -0.2) is 6.04 Å². The second kappa shape index (κ2) is 7.70. The van der Waals surface area contributed by atoms with Crippen LogP contribution in [0.3, 0.4) is 0 Å². The smallest absolute Gasteiger partial charge is 0.137 e. The summed E-state index contributed by atoms with van der Waals surface area (Å²) in [6.07, 6.45) is 5.76. The normalized spacial score (nSPS) is 24.3. The Morgan fingerprint density at radius 3 is 2.43 bits per heavy atom. The molecule has 1 aliphatic carbocycles. The van der Waals surface area contributed by atoms with Gasteiger partial charge < -0.3 is 0 Å². The van der Waals surface area contributed by atoms with Crippen molar-refractivity contribution >= 4 is 15.9 Å². The third-order valence-corrected chi connectivity index (χ3v) is 5.90. The standard InChI is InChI=1S/C17H26BrFN2/c1-11(2)12-6-8-13(9-7-12)16(21-20)10-14-4-3-5-15(19)17(14)18/h3-5,11-13,16,21H,6-10,20H2,1-2H3. The molecule has 1 aromatic carbocycles. The Balaban J connectivity index is 1.99. The van der Waals surface area contributed by atoms with Crippen LogP contribution in [0.4, 0.5) is 4.39 Å². The van der Waals surface area contributed by atoms with Gasteiger partial charge in [-0.15, -0.1) is 0 Å². The number of benzene rings is 1. The van der Waals surface area contributed by atoms with E-state index in [1.807, 2.05) is 6.07 Å². The molecular formula is C17H26BrFN2. The largest absolute Gasteiger partial charge is 0.271 e. The highest BCUT2D eigenvalue weighted by molar-refractivity contribution is 9.10. The third kappa shape index (κ3) is 4.27. The molecular weight excluding hydrogens is 331 g/mol. The van der Waals surface area contributed by atoms with Crippen molar-refractivity contribution in [2.24, 2.45) is 23.6 Å². The Morgan fingerprint density at radius 1 is 1.24 bits per heavy atom. The summed E-state index contributed by atoms with van der Waals surface area (Å²) in [5.41, 5.74) is 3.96. The maximum absolute atomic E-state index is 13.6. The minimum absolute atomic E-state index is 0.202. The van der Waals surface area contributed by atoms with Crippen molar-refractivity contribution in [3.8, 4) is 0 Å². The van der Waals surface area contributed by atoms with E-state index in [1.165, 1.54) is 31.7 Å². The van der Waals surface area contributed by atoms with E-state index in [1.54, 1.807) is 6.07 Å². The average molecular weight is 357 g/mol. The van der Waals surface area contributed by atoms with Gasteiger partial charge in [-0.1, -0.05) is 26.0 Å². The number of halogens is 2. The molecule has 0 amide bonds. The minimum Gasteiger partial charge on any atom is -0.271 e. The van der Waals surface area contributed by atoms with E-state index in [4.69, 9.17) is 5.84 Å². The zero-order valence-electron chi connectivity index (χ0n) is 12.9. The zero-order valence-corrected chi connectivity index (χ0v) is 14.5. The first-order valence-corrected chi connectivity index (χ1v) is 8.71. The molecule has 0 aliphatic heterocycles. The SMILES string of the molecule is CC(C)C1CCC(C(Cc2cccc(F)c2Br)NN)CC1. The molecule has 3 N–H and O–H groups in total. The van der Waals surface area contributed by atoms with Gasteiger partial charge in [0.15, 0.2) is 0 Å². The first-order valence-electron chi connectivity index (χ1n) is 7.92. The number of hydrogen-bond donors (Lipinski definition) is 2. The maximum atomic E-state index is 13.6. The molecule has 118 valence electrons. The molecule has 2 rings (SSSR count). The Kier molecular flexibility index (Phi) is 6.20. The average Bonchev–Trinajstić information content (AvgIpc) is 2.49. The van der Waals surface area contributed by atoms with E-state index < -0.39 is 0 Å². The van der Waals surface area contributed by atoms with E-state index in [2.05, 4.69) is 35.2 Å². The molecule has 1 aliphatic rings. The van der Waals surface area contributed by atoms with Gasteiger partial charge in [0.2, 0.25) is 0 Å². The number of hydrazine groups is 1. The Bertz CT molecular complexity index is 456. The maximum Gasteiger partial charge on any atom is 0.137 e. The van der Waals surface area contributed by atoms with Gasteiger partial charge in [0.25, 0.3) is 0 Å². The highest BCUT2D eigenvalue weighted by Crippen LogP contribution is 2.36. The van der Waals surface area contributed by atoms with Crippen molar-refractivity contribution in [2.45, 2.75) is 52.0 Å². The molecule has 1 atom stereocenters. The van der Waals surface area contributed by atoms with Crippen molar-refractivity contribution in [1.29, 1.82) is 0 Å². The summed E-state index contributed by atoms with van der Waals surface area (Å²) >= 11 is 3.35. The highest BCUT2D eigenvalue weighted by atomic mass is 79.9. The quantitative estimate of drug-likeness (QED) is 0.605. The molecule has 1 saturated carbocycles. The third-order valence-electron chi connectivity index (χ3n) is 5.01. The molecule has 0 heterocycles. The van der Waals surface area contributed by atoms with E-state index >= 15 is 0 Å².